The highest BCUT2D eigenvalue weighted by Gasteiger charge is 2.04. The third-order valence-electron chi connectivity index (χ3n) is 4.92. The number of tetrazole rings is 1. The Morgan fingerprint density at radius 3 is 2.48 bits per heavy atom. The lowest BCUT2D eigenvalue weighted by molar-refractivity contribution is 0.304. The first-order valence-electron chi connectivity index (χ1n) is 10.7. The smallest absolute Gasteiger partial charge is 0.138 e. The number of hydrogen-bond donors (Lipinski definition) is 2. The standard InChI is InChI=1S/C23H30N6O2/c1-30-22-10-8-9-19(17-22)23(24)26-20-11-13-21(14-12-20)31-16-7-5-3-2-4-6-15-29-18-25-27-28-29/h8-14,17-18H,2-7,15-16H2,1H3,(H2,24,26). The molecule has 164 valence electrons. The molecule has 8 nitrogen and oxygen atoms in total. The van der Waals surface area contributed by atoms with E-state index in [9.17, 15) is 0 Å². The lowest BCUT2D eigenvalue weighted by atomic mass is 10.1. The third-order valence-corrected chi connectivity index (χ3v) is 4.92. The van der Waals surface area contributed by atoms with Gasteiger partial charge in [-0.3, -0.25) is 5.41 Å². The van der Waals surface area contributed by atoms with E-state index in [1.807, 2.05) is 48.5 Å². The van der Waals surface area contributed by atoms with Crippen molar-refractivity contribution in [2.45, 2.75) is 45.1 Å². The zero-order chi connectivity index (χ0) is 21.7. The highest BCUT2D eigenvalue weighted by Crippen LogP contribution is 2.18. The minimum atomic E-state index is 0.325. The lowest BCUT2D eigenvalue weighted by Crippen LogP contribution is -2.11. The fourth-order valence-electron chi connectivity index (χ4n) is 3.19. The quantitative estimate of drug-likeness (QED) is 0.238. The molecule has 0 fully saturated rings. The van der Waals surface area contributed by atoms with Crippen LogP contribution in [-0.4, -0.2) is 39.8 Å². The number of nitrogens with one attached hydrogen (secondary N) is 2. The molecule has 2 aromatic carbocycles. The normalized spacial score (nSPS) is 10.6. The van der Waals surface area contributed by atoms with Gasteiger partial charge in [0.2, 0.25) is 0 Å². The molecular formula is C23H30N6O2. The Morgan fingerprint density at radius 1 is 0.968 bits per heavy atom. The zero-order valence-electron chi connectivity index (χ0n) is 18.0. The summed E-state index contributed by atoms with van der Waals surface area (Å²) < 4.78 is 12.8. The van der Waals surface area contributed by atoms with Crippen LogP contribution in [0, 0.1) is 5.41 Å². The number of ether oxygens (including phenoxy) is 2. The van der Waals surface area contributed by atoms with Crippen molar-refractivity contribution in [1.82, 2.24) is 20.2 Å². The van der Waals surface area contributed by atoms with Crippen LogP contribution in [0.15, 0.2) is 54.9 Å². The third kappa shape index (κ3) is 7.73. The second kappa shape index (κ2) is 12.3. The first kappa shape index (κ1) is 22.3. The van der Waals surface area contributed by atoms with Crippen LogP contribution < -0.4 is 14.8 Å². The van der Waals surface area contributed by atoms with Gasteiger partial charge in [0, 0.05) is 17.8 Å². The van der Waals surface area contributed by atoms with E-state index in [1.54, 1.807) is 18.1 Å². The van der Waals surface area contributed by atoms with Crippen LogP contribution in [0.5, 0.6) is 11.5 Å². The number of rotatable bonds is 13. The van der Waals surface area contributed by atoms with Crippen LogP contribution in [0.3, 0.4) is 0 Å². The summed E-state index contributed by atoms with van der Waals surface area (Å²) in [5.74, 6) is 1.91. The number of hydrogen-bond acceptors (Lipinski definition) is 6. The van der Waals surface area contributed by atoms with Gasteiger partial charge in [0.25, 0.3) is 0 Å². The number of aromatic nitrogens is 4. The second-order valence-corrected chi connectivity index (χ2v) is 7.30. The molecule has 1 aromatic heterocycles. The van der Waals surface area contributed by atoms with Gasteiger partial charge in [0.05, 0.1) is 13.7 Å². The molecule has 0 bridgehead atoms. The fourth-order valence-corrected chi connectivity index (χ4v) is 3.19. The predicted octanol–water partition coefficient (Wildman–Crippen LogP) is 4.54. The van der Waals surface area contributed by atoms with E-state index >= 15 is 0 Å². The first-order valence-corrected chi connectivity index (χ1v) is 10.7. The van der Waals surface area contributed by atoms with Crippen molar-refractivity contribution in [1.29, 1.82) is 5.41 Å². The fraction of sp³-hybridized carbons (Fsp3) is 0.391. The number of methoxy groups -OCH3 is 1. The van der Waals surface area contributed by atoms with E-state index < -0.39 is 0 Å². The molecule has 0 aliphatic rings. The molecule has 8 heteroatoms. The first-order chi connectivity index (χ1) is 15.2. The van der Waals surface area contributed by atoms with Crippen LogP contribution in [0.1, 0.15) is 44.1 Å². The summed E-state index contributed by atoms with van der Waals surface area (Å²) in [6.45, 7) is 1.61. The van der Waals surface area contributed by atoms with E-state index in [1.165, 1.54) is 25.7 Å². The summed E-state index contributed by atoms with van der Waals surface area (Å²) in [5.41, 5.74) is 1.62. The highest BCUT2D eigenvalue weighted by molar-refractivity contribution is 6.06. The number of nitrogens with zero attached hydrogens (tertiary/aromatic N) is 4. The molecule has 3 rings (SSSR count). The maximum Gasteiger partial charge on any atom is 0.138 e. The van der Waals surface area contributed by atoms with Crippen molar-refractivity contribution < 1.29 is 9.47 Å². The van der Waals surface area contributed by atoms with E-state index in [2.05, 4.69) is 20.8 Å². The van der Waals surface area contributed by atoms with Crippen molar-refractivity contribution >= 4 is 11.5 Å². The summed E-state index contributed by atoms with van der Waals surface area (Å²) in [4.78, 5) is 0. The molecule has 0 unspecified atom stereocenters. The number of anilines is 1. The van der Waals surface area contributed by atoms with Crippen molar-refractivity contribution in [3.63, 3.8) is 0 Å². The summed E-state index contributed by atoms with van der Waals surface area (Å²) in [6, 6.07) is 15.2. The monoisotopic (exact) mass is 422 g/mol. The van der Waals surface area contributed by atoms with Gasteiger partial charge in [-0.1, -0.05) is 37.8 Å². The summed E-state index contributed by atoms with van der Waals surface area (Å²) in [7, 11) is 1.62. The average Bonchev–Trinajstić information content (AvgIpc) is 3.32. The van der Waals surface area contributed by atoms with Gasteiger partial charge in [0.1, 0.15) is 23.7 Å². The Bertz CT molecular complexity index is 912. The Labute approximate surface area is 183 Å². The SMILES string of the molecule is COc1cccc(C(=N)Nc2ccc(OCCCCCCCCn3cnnn3)cc2)c1. The van der Waals surface area contributed by atoms with Crippen molar-refractivity contribution in [3.8, 4) is 11.5 Å². The molecule has 0 atom stereocenters. The van der Waals surface area contributed by atoms with Gasteiger partial charge < -0.3 is 14.8 Å². The molecule has 1 heterocycles. The predicted molar refractivity (Wildman–Crippen MR) is 121 cm³/mol. The molecule has 0 amide bonds. The van der Waals surface area contributed by atoms with Gasteiger partial charge in [-0.15, -0.1) is 5.10 Å². The molecule has 31 heavy (non-hydrogen) atoms. The molecule has 2 N–H and O–H groups in total. The van der Waals surface area contributed by atoms with E-state index in [0.29, 0.717) is 5.84 Å². The molecule has 0 aliphatic heterocycles. The minimum Gasteiger partial charge on any atom is -0.497 e. The van der Waals surface area contributed by atoms with Gasteiger partial charge in [0.15, 0.2) is 0 Å². The Kier molecular flexibility index (Phi) is 8.85. The van der Waals surface area contributed by atoms with Crippen LogP contribution >= 0.6 is 0 Å². The van der Waals surface area contributed by atoms with Gasteiger partial charge in [-0.05, 0) is 59.7 Å². The summed E-state index contributed by atoms with van der Waals surface area (Å²) in [6.07, 6.45) is 8.62. The topological polar surface area (TPSA) is 97.9 Å². The molecule has 0 saturated heterocycles. The van der Waals surface area contributed by atoms with Crippen LogP contribution in [0.2, 0.25) is 0 Å². The van der Waals surface area contributed by atoms with Crippen LogP contribution in [0.25, 0.3) is 0 Å². The van der Waals surface area contributed by atoms with Gasteiger partial charge in [-0.2, -0.15) is 0 Å². The van der Waals surface area contributed by atoms with Gasteiger partial charge >= 0.3 is 0 Å². The van der Waals surface area contributed by atoms with E-state index in [-0.39, 0.29) is 0 Å². The molecule has 0 aliphatic carbocycles. The minimum absolute atomic E-state index is 0.325. The van der Waals surface area contributed by atoms with Crippen molar-refractivity contribution in [2.75, 3.05) is 19.0 Å². The van der Waals surface area contributed by atoms with Gasteiger partial charge in [-0.25, -0.2) is 4.68 Å². The zero-order valence-corrected chi connectivity index (χ0v) is 18.0. The average molecular weight is 423 g/mol. The highest BCUT2D eigenvalue weighted by atomic mass is 16.5. The van der Waals surface area contributed by atoms with E-state index in [4.69, 9.17) is 14.9 Å². The van der Waals surface area contributed by atoms with Crippen LogP contribution in [-0.2, 0) is 6.54 Å². The maximum absolute atomic E-state index is 8.24. The molecule has 0 spiro atoms. The summed E-state index contributed by atoms with van der Waals surface area (Å²) in [5, 5.41) is 22.5. The Balaban J connectivity index is 1.27. The summed E-state index contributed by atoms with van der Waals surface area (Å²) >= 11 is 0. The number of amidine groups is 1. The lowest BCUT2D eigenvalue weighted by Gasteiger charge is -2.11. The number of benzene rings is 2. The Hall–Kier alpha value is -3.42. The molecule has 3 aromatic rings. The number of unbranched alkanes of at least 4 members (excludes halogenated alkanes) is 5. The number of aryl methyl sites for hydroxylation is 1. The molecule has 0 radical (unpaired) electrons. The van der Waals surface area contributed by atoms with Crippen molar-refractivity contribution in [3.05, 3.63) is 60.4 Å². The Morgan fingerprint density at radius 2 is 1.74 bits per heavy atom. The molecular weight excluding hydrogens is 392 g/mol. The largest absolute Gasteiger partial charge is 0.497 e. The van der Waals surface area contributed by atoms with Crippen LogP contribution in [0.4, 0.5) is 5.69 Å². The maximum atomic E-state index is 8.24. The van der Waals surface area contributed by atoms with E-state index in [0.717, 1.165) is 48.7 Å². The van der Waals surface area contributed by atoms with Crippen molar-refractivity contribution in [2.24, 2.45) is 0 Å². The second-order valence-electron chi connectivity index (χ2n) is 7.30. The molecule has 0 saturated carbocycles.